The van der Waals surface area contributed by atoms with Crippen LogP contribution in [0.1, 0.15) is 165 Å². The van der Waals surface area contributed by atoms with Gasteiger partial charge in [0.05, 0.1) is 31.8 Å². The Labute approximate surface area is 619 Å². The summed E-state index contributed by atoms with van der Waals surface area (Å²) in [6, 6.07) is -16.6. The first-order valence-corrected chi connectivity index (χ1v) is 36.1. The van der Waals surface area contributed by atoms with E-state index in [4.69, 9.17) is 10.8 Å². The number of hydrogen-bond acceptors (Lipinski definition) is 20. The van der Waals surface area contributed by atoms with Gasteiger partial charge in [0.25, 0.3) is 0 Å². The van der Waals surface area contributed by atoms with Crippen LogP contribution >= 0.6 is 0 Å². The number of aromatic amines is 2. The number of nitrogens with one attached hydrogen (secondary N) is 12. The van der Waals surface area contributed by atoms with Crippen LogP contribution in [0.15, 0.2) is 25.0 Å². The SMILES string of the molecule is CC[C@H](C)[C@H](NC(=O)[C@@H](NC(=O)[C@@H](NC(=O)[C@@H](NC(=O)[C@@H]1CCCN1C(=O)[C@H](Cc1cnc[nH]1)NC(=O)[C@@H]1CCCN1C(=O)CN)C(C)(C)C)[C@@H](C)CC)C(C)(C)C)C(=O)N[C@H](C(=O)NCC(=O)N1CCC[C@H]1C(=O)N[C@@H](Cc1cnc[nH]1)C(=O)N[C@@H](CCC(=O)O)C(=O)N[C@@H](CCC(=O)O)C(=O)O)[C@@H](C)O. The Kier molecular flexibility index (Phi) is 32.7. The lowest BCUT2D eigenvalue weighted by Crippen LogP contribution is -2.64. The van der Waals surface area contributed by atoms with Crippen molar-refractivity contribution in [1.82, 2.24) is 87.8 Å². The summed E-state index contributed by atoms with van der Waals surface area (Å²) in [5, 5.41) is 65.0. The zero-order valence-electron chi connectivity index (χ0n) is 62.5. The molecule has 0 spiro atoms. The number of hydrogen-bond donors (Lipinski definition) is 17. The van der Waals surface area contributed by atoms with Crippen LogP contribution in [0.2, 0.25) is 0 Å². The van der Waals surface area contributed by atoms with Crippen LogP contribution in [0.4, 0.5) is 0 Å². The number of likely N-dealkylation sites (tertiary alicyclic amines) is 3. The highest BCUT2D eigenvalue weighted by Gasteiger charge is 2.46. The molecule has 0 aliphatic carbocycles. The Balaban J connectivity index is 1.26. The number of nitrogens with zero attached hydrogens (tertiary/aromatic N) is 5. The van der Waals surface area contributed by atoms with E-state index in [0.29, 0.717) is 43.6 Å². The van der Waals surface area contributed by atoms with E-state index < -0.39 is 228 Å². The van der Waals surface area contributed by atoms with Gasteiger partial charge in [0.1, 0.15) is 72.5 Å². The molecular formula is C69H108N18O20. The predicted octanol–water partition coefficient (Wildman–Crippen LogP) is -3.29. The second-order valence-corrected chi connectivity index (χ2v) is 29.7. The first-order chi connectivity index (χ1) is 50.2. The summed E-state index contributed by atoms with van der Waals surface area (Å²) in [5.74, 6) is -16.2. The minimum atomic E-state index is -1.76. The maximum Gasteiger partial charge on any atom is 0.326 e. The molecule has 5 heterocycles. The van der Waals surface area contributed by atoms with Gasteiger partial charge in [-0.2, -0.15) is 0 Å². The van der Waals surface area contributed by atoms with Gasteiger partial charge in [-0.05, 0) is 81.0 Å². The number of imidazole rings is 2. The molecule has 594 valence electrons. The van der Waals surface area contributed by atoms with Gasteiger partial charge in [-0.15, -0.1) is 0 Å². The van der Waals surface area contributed by atoms with Gasteiger partial charge in [0, 0.05) is 69.1 Å². The van der Waals surface area contributed by atoms with Crippen molar-refractivity contribution in [2.24, 2.45) is 28.4 Å². The van der Waals surface area contributed by atoms with Crippen molar-refractivity contribution >= 4 is 94.7 Å². The number of carboxylic acids is 3. The average Bonchev–Trinajstić information content (AvgIpc) is 0.850. The third kappa shape index (κ3) is 25.3. The van der Waals surface area contributed by atoms with Crippen LogP contribution in [0, 0.1) is 22.7 Å². The molecule has 38 nitrogen and oxygen atoms in total. The van der Waals surface area contributed by atoms with E-state index in [1.54, 1.807) is 69.2 Å². The minimum absolute atomic E-state index is 0.0162. The molecule has 0 radical (unpaired) electrons. The molecule has 3 aliphatic rings. The molecule has 0 unspecified atom stereocenters. The first-order valence-electron chi connectivity index (χ1n) is 36.1. The second kappa shape index (κ2) is 40.0. The van der Waals surface area contributed by atoms with Crippen molar-refractivity contribution in [3.63, 3.8) is 0 Å². The number of nitrogens with two attached hydrogens (primary N) is 1. The van der Waals surface area contributed by atoms with E-state index in [-0.39, 0.29) is 58.2 Å². The number of H-pyrrole nitrogens is 2. The molecule has 15 atom stereocenters. The lowest BCUT2D eigenvalue weighted by Gasteiger charge is -2.36. The molecule has 2 aromatic heterocycles. The number of aliphatic hydroxyl groups excluding tert-OH is 1. The van der Waals surface area contributed by atoms with Crippen molar-refractivity contribution in [3.05, 3.63) is 36.4 Å². The van der Waals surface area contributed by atoms with Crippen molar-refractivity contribution in [3.8, 4) is 0 Å². The fraction of sp³-hybridized carbons (Fsp3) is 0.681. The summed E-state index contributed by atoms with van der Waals surface area (Å²) in [5.41, 5.74) is 4.33. The van der Waals surface area contributed by atoms with E-state index >= 15 is 0 Å². The summed E-state index contributed by atoms with van der Waals surface area (Å²) >= 11 is 0. The topological polar surface area (TPSA) is 567 Å². The summed E-state index contributed by atoms with van der Waals surface area (Å²) < 4.78 is 0. The lowest BCUT2D eigenvalue weighted by atomic mass is 9.84. The van der Waals surface area contributed by atoms with Gasteiger partial charge in [0.15, 0.2) is 0 Å². The van der Waals surface area contributed by atoms with Crippen LogP contribution in [-0.4, -0.2) is 261 Å². The predicted molar refractivity (Wildman–Crippen MR) is 379 cm³/mol. The second-order valence-electron chi connectivity index (χ2n) is 29.7. The fourth-order valence-corrected chi connectivity index (χ4v) is 12.8. The van der Waals surface area contributed by atoms with Crippen LogP contribution in [0.5, 0.6) is 0 Å². The molecule has 3 aliphatic heterocycles. The Morgan fingerprint density at radius 1 is 0.495 bits per heavy atom. The molecular weight excluding hydrogens is 1400 g/mol. The van der Waals surface area contributed by atoms with Gasteiger partial charge in [-0.25, -0.2) is 14.8 Å². The number of carboxylic acid groups (broad SMARTS) is 3. The number of aliphatic hydroxyl groups is 1. The highest BCUT2D eigenvalue weighted by atomic mass is 16.4. The zero-order chi connectivity index (χ0) is 79.9. The van der Waals surface area contributed by atoms with Crippen LogP contribution in [0.25, 0.3) is 0 Å². The number of aromatic nitrogens is 4. The lowest BCUT2D eigenvalue weighted by molar-refractivity contribution is -0.144. The average molecular weight is 1510 g/mol. The minimum Gasteiger partial charge on any atom is -0.481 e. The molecule has 5 rings (SSSR count). The Morgan fingerprint density at radius 3 is 1.34 bits per heavy atom. The van der Waals surface area contributed by atoms with Gasteiger partial charge >= 0.3 is 17.9 Å². The molecule has 0 aromatic carbocycles. The van der Waals surface area contributed by atoms with E-state index in [1.807, 2.05) is 0 Å². The molecule has 107 heavy (non-hydrogen) atoms. The molecule has 3 fully saturated rings. The van der Waals surface area contributed by atoms with E-state index in [1.165, 1.54) is 41.8 Å². The Bertz CT molecular complexity index is 3490. The summed E-state index contributed by atoms with van der Waals surface area (Å²) in [6.45, 7) is 17.4. The van der Waals surface area contributed by atoms with Crippen molar-refractivity contribution in [2.45, 2.75) is 245 Å². The normalized spacial score (nSPS) is 19.2. The maximum absolute atomic E-state index is 14.7. The summed E-state index contributed by atoms with van der Waals surface area (Å²) in [7, 11) is 0. The van der Waals surface area contributed by atoms with E-state index in [9.17, 15) is 92.0 Å². The maximum atomic E-state index is 14.7. The van der Waals surface area contributed by atoms with Gasteiger partial charge in [-0.1, -0.05) is 82.1 Å². The Morgan fingerprint density at radius 2 is 0.897 bits per heavy atom. The number of carbonyl (C=O) groups is 16. The highest BCUT2D eigenvalue weighted by Crippen LogP contribution is 2.27. The monoisotopic (exact) mass is 1510 g/mol. The van der Waals surface area contributed by atoms with E-state index in [0.717, 1.165) is 4.90 Å². The molecule has 3 saturated heterocycles. The molecule has 13 amide bonds. The summed E-state index contributed by atoms with van der Waals surface area (Å²) in [6.07, 6.45) is 3.50. The molecule has 2 aromatic rings. The first kappa shape index (κ1) is 87.5. The number of carbonyl (C=O) groups excluding carboxylic acids is 13. The van der Waals surface area contributed by atoms with Gasteiger partial charge in [-0.3, -0.25) is 71.9 Å². The van der Waals surface area contributed by atoms with Gasteiger partial charge in [0.2, 0.25) is 76.8 Å². The van der Waals surface area contributed by atoms with Crippen molar-refractivity contribution in [1.29, 1.82) is 0 Å². The quantitative estimate of drug-likeness (QED) is 0.0312. The van der Waals surface area contributed by atoms with E-state index in [2.05, 4.69) is 73.1 Å². The van der Waals surface area contributed by atoms with Crippen LogP contribution < -0.4 is 58.9 Å². The smallest absolute Gasteiger partial charge is 0.326 e. The summed E-state index contributed by atoms with van der Waals surface area (Å²) in [4.78, 5) is 236. The van der Waals surface area contributed by atoms with Crippen LogP contribution in [0.3, 0.4) is 0 Å². The van der Waals surface area contributed by atoms with Crippen molar-refractivity contribution < 1.29 is 97.1 Å². The fourth-order valence-electron chi connectivity index (χ4n) is 12.8. The standard InChI is InChI=1S/C69H108N18O20/c1-12-35(3)51(62(101)82-53(37(5)88)61(100)73-32-48(90)86-25-15-18-45(86)58(97)78-42(27-38-30-71-33-74-38)57(96)76-40(20-22-49(91)92)56(95)77-41(67(106)107)21-23-50(93)94)80-65(104)55(69(9,10)11)84-63(102)52(36(4)13-2)81-64(103)54(68(6,7)8)83-60(99)46-19-16-26-87(46)66(105)43(28-39-31-72-34-75-39)79-59(98)44-17-14-24-85(44)47(89)29-70/h30-31,33-37,40-46,51-55,88H,12-29,32,70H2,1-11H3,(H,71,74)(H,72,75)(H,73,100)(H,76,96)(H,77,95)(H,78,97)(H,79,98)(H,80,104)(H,81,103)(H,82,101)(H,83,99)(H,84,102)(H,91,92)(H,93,94)(H,106,107)/t35-,36-,37+,40-,41-,42-,43-,44-,45-,46-,51-,52-,53-,54+,55+/m0/s1. The zero-order valence-corrected chi connectivity index (χ0v) is 62.5. The number of rotatable bonds is 39. The van der Waals surface area contributed by atoms with Crippen molar-refractivity contribution in [2.75, 3.05) is 32.7 Å². The molecule has 38 heteroatoms. The number of aliphatic carboxylic acids is 3. The molecule has 18 N–H and O–H groups in total. The highest BCUT2D eigenvalue weighted by molar-refractivity contribution is 6.00. The molecule has 0 saturated carbocycles. The van der Waals surface area contributed by atoms with Crippen LogP contribution in [-0.2, 0) is 89.6 Å². The third-order valence-electron chi connectivity index (χ3n) is 19.4. The largest absolute Gasteiger partial charge is 0.481 e. The number of amides is 13. The third-order valence-corrected chi connectivity index (χ3v) is 19.4. The Hall–Kier alpha value is -10.1. The molecule has 0 bridgehead atoms. The van der Waals surface area contributed by atoms with Gasteiger partial charge < -0.3 is 104 Å².